The molecule has 0 aliphatic rings. The highest BCUT2D eigenvalue weighted by molar-refractivity contribution is 6.31. The monoisotopic (exact) mass is 398 g/mol. The van der Waals surface area contributed by atoms with Crippen LogP contribution in [0.4, 0.5) is 0 Å². The molecule has 0 saturated carbocycles. The van der Waals surface area contributed by atoms with Crippen molar-refractivity contribution in [2.24, 2.45) is 0 Å². The molecular weight excluding hydrogens is 384 g/mol. The Morgan fingerprint density at radius 2 is 1.66 bits per heavy atom. The smallest absolute Gasteiger partial charge is 0.193 e. The molecule has 2 heterocycles. The Labute approximate surface area is 172 Å². The van der Waals surface area contributed by atoms with E-state index in [1.807, 2.05) is 24.3 Å². The fourth-order valence-corrected chi connectivity index (χ4v) is 2.93. The summed E-state index contributed by atoms with van der Waals surface area (Å²) < 4.78 is 0. The topological polar surface area (TPSA) is 96.2 Å². The lowest BCUT2D eigenvalue weighted by Gasteiger charge is -2.09. The first kappa shape index (κ1) is 19.7. The molecule has 0 radical (unpaired) electrons. The Bertz CT molecular complexity index is 1200. The minimum absolute atomic E-state index is 0.122. The Morgan fingerprint density at radius 3 is 2.28 bits per heavy atom. The number of aromatic amines is 2. The van der Waals surface area contributed by atoms with Crippen molar-refractivity contribution in [1.82, 2.24) is 9.97 Å². The summed E-state index contributed by atoms with van der Waals surface area (Å²) in [6.07, 6.45) is 6.70. The Hall–Kier alpha value is -4.06. The number of hydrogen-bond donors (Lipinski definition) is 2. The average Bonchev–Trinajstić information content (AvgIpc) is 3.46. The SMILES string of the molecule is N#Cc1c[nH]cc1-c1ccc(Cl)cc1C(=O)c1ccccc1.N#Cc1cc[nH]c1. The minimum Gasteiger partial charge on any atom is -0.366 e. The van der Waals surface area contributed by atoms with Crippen molar-refractivity contribution >= 4 is 17.4 Å². The average molecular weight is 399 g/mol. The largest absolute Gasteiger partial charge is 0.366 e. The van der Waals surface area contributed by atoms with Crippen LogP contribution in [0, 0.1) is 22.7 Å². The highest BCUT2D eigenvalue weighted by Crippen LogP contribution is 2.30. The summed E-state index contributed by atoms with van der Waals surface area (Å²) in [6, 6.07) is 19.9. The molecule has 0 bridgehead atoms. The second kappa shape index (κ2) is 9.23. The van der Waals surface area contributed by atoms with Gasteiger partial charge in [0.1, 0.15) is 12.1 Å². The molecule has 6 heteroatoms. The van der Waals surface area contributed by atoms with Crippen molar-refractivity contribution in [3.05, 3.63) is 107 Å². The molecule has 2 N–H and O–H groups in total. The highest BCUT2D eigenvalue weighted by atomic mass is 35.5. The normalized spacial score (nSPS) is 9.62. The number of nitriles is 2. The van der Waals surface area contributed by atoms with Crippen LogP contribution in [0.15, 0.2) is 79.4 Å². The van der Waals surface area contributed by atoms with Gasteiger partial charge < -0.3 is 9.97 Å². The van der Waals surface area contributed by atoms with Gasteiger partial charge in [0.25, 0.3) is 0 Å². The lowest BCUT2D eigenvalue weighted by Crippen LogP contribution is -2.03. The molecule has 0 amide bonds. The van der Waals surface area contributed by atoms with E-state index in [9.17, 15) is 10.1 Å². The Kier molecular flexibility index (Phi) is 6.27. The summed E-state index contributed by atoms with van der Waals surface area (Å²) >= 11 is 6.06. The van der Waals surface area contributed by atoms with Gasteiger partial charge >= 0.3 is 0 Å². The van der Waals surface area contributed by atoms with Crippen LogP contribution in [0.5, 0.6) is 0 Å². The first-order valence-electron chi connectivity index (χ1n) is 8.63. The second-order valence-corrected chi connectivity index (χ2v) is 6.43. The molecule has 140 valence electrons. The molecule has 0 unspecified atom stereocenters. The van der Waals surface area contributed by atoms with Gasteiger partial charge in [0, 0.05) is 46.5 Å². The number of aromatic nitrogens is 2. The molecular formula is C23H15ClN4O. The van der Waals surface area contributed by atoms with Gasteiger partial charge in [0.15, 0.2) is 5.78 Å². The van der Waals surface area contributed by atoms with Gasteiger partial charge in [-0.3, -0.25) is 4.79 Å². The van der Waals surface area contributed by atoms with Gasteiger partial charge in [0.05, 0.1) is 11.1 Å². The number of benzene rings is 2. The van der Waals surface area contributed by atoms with E-state index < -0.39 is 0 Å². The van der Waals surface area contributed by atoms with Gasteiger partial charge in [-0.1, -0.05) is 48.0 Å². The molecule has 0 saturated heterocycles. The molecule has 29 heavy (non-hydrogen) atoms. The fraction of sp³-hybridized carbons (Fsp3) is 0. The molecule has 2 aromatic heterocycles. The number of carbonyl (C=O) groups is 1. The third kappa shape index (κ3) is 4.62. The Morgan fingerprint density at radius 1 is 0.862 bits per heavy atom. The van der Waals surface area contributed by atoms with Crippen LogP contribution in [-0.4, -0.2) is 15.8 Å². The number of carbonyl (C=O) groups excluding carboxylic acids is 1. The summed E-state index contributed by atoms with van der Waals surface area (Å²) in [5.41, 5.74) is 3.62. The third-order valence-corrected chi connectivity index (χ3v) is 4.38. The van der Waals surface area contributed by atoms with E-state index in [1.54, 1.807) is 61.2 Å². The maximum atomic E-state index is 12.8. The van der Waals surface area contributed by atoms with E-state index in [-0.39, 0.29) is 5.78 Å². The van der Waals surface area contributed by atoms with Gasteiger partial charge in [0.2, 0.25) is 0 Å². The van der Waals surface area contributed by atoms with E-state index in [0.717, 1.165) is 0 Å². The zero-order valence-corrected chi connectivity index (χ0v) is 15.9. The number of hydrogen-bond acceptors (Lipinski definition) is 3. The molecule has 4 rings (SSSR count). The second-order valence-electron chi connectivity index (χ2n) is 5.99. The van der Waals surface area contributed by atoms with E-state index in [2.05, 4.69) is 16.0 Å². The number of ketones is 1. The molecule has 0 spiro atoms. The van der Waals surface area contributed by atoms with Gasteiger partial charge in [-0.05, 0) is 23.8 Å². The van der Waals surface area contributed by atoms with E-state index in [4.69, 9.17) is 16.9 Å². The van der Waals surface area contributed by atoms with Gasteiger partial charge in [-0.25, -0.2) is 0 Å². The maximum absolute atomic E-state index is 12.8. The molecule has 0 atom stereocenters. The van der Waals surface area contributed by atoms with Crippen molar-refractivity contribution in [1.29, 1.82) is 10.5 Å². The summed E-state index contributed by atoms with van der Waals surface area (Å²) in [6.45, 7) is 0. The lowest BCUT2D eigenvalue weighted by atomic mass is 9.94. The van der Waals surface area contributed by atoms with Crippen molar-refractivity contribution in [3.63, 3.8) is 0 Å². The first-order chi connectivity index (χ1) is 14.1. The summed E-state index contributed by atoms with van der Waals surface area (Å²) in [5, 5.41) is 17.8. The third-order valence-electron chi connectivity index (χ3n) is 4.15. The van der Waals surface area contributed by atoms with Crippen molar-refractivity contribution in [2.75, 3.05) is 0 Å². The van der Waals surface area contributed by atoms with Crippen LogP contribution in [0.1, 0.15) is 27.0 Å². The molecule has 0 aliphatic carbocycles. The summed E-state index contributed by atoms with van der Waals surface area (Å²) in [7, 11) is 0. The zero-order chi connectivity index (χ0) is 20.6. The molecule has 0 aliphatic heterocycles. The van der Waals surface area contributed by atoms with Crippen LogP contribution in [0.2, 0.25) is 5.02 Å². The summed E-state index contributed by atoms with van der Waals surface area (Å²) in [4.78, 5) is 18.4. The zero-order valence-electron chi connectivity index (χ0n) is 15.2. The molecule has 0 fully saturated rings. The van der Waals surface area contributed by atoms with Gasteiger partial charge in [-0.15, -0.1) is 0 Å². The highest BCUT2D eigenvalue weighted by Gasteiger charge is 2.17. The van der Waals surface area contributed by atoms with E-state index in [0.29, 0.717) is 38.4 Å². The fourth-order valence-electron chi connectivity index (χ4n) is 2.76. The van der Waals surface area contributed by atoms with Crippen molar-refractivity contribution in [3.8, 4) is 23.3 Å². The minimum atomic E-state index is -0.122. The number of halogens is 1. The Balaban J connectivity index is 0.000000290. The van der Waals surface area contributed by atoms with Crippen LogP contribution in [0.3, 0.4) is 0 Å². The predicted molar refractivity (Wildman–Crippen MR) is 111 cm³/mol. The lowest BCUT2D eigenvalue weighted by molar-refractivity contribution is 0.103. The number of rotatable bonds is 3. The predicted octanol–water partition coefficient (Wildman–Crippen LogP) is 5.32. The standard InChI is InChI=1S/C18H11ClN2O.C5H4N2/c19-14-6-7-15(17-11-21-10-13(17)9-20)16(8-14)18(22)12-4-2-1-3-5-12;6-3-5-1-2-7-4-5/h1-8,10-11,21H;1-2,4,7H. The number of nitrogens with one attached hydrogen (secondary N) is 2. The van der Waals surface area contributed by atoms with Crippen molar-refractivity contribution < 1.29 is 4.79 Å². The summed E-state index contributed by atoms with van der Waals surface area (Å²) in [5.74, 6) is -0.122. The van der Waals surface area contributed by atoms with Crippen LogP contribution >= 0.6 is 11.6 Å². The maximum Gasteiger partial charge on any atom is 0.193 e. The van der Waals surface area contributed by atoms with Crippen molar-refractivity contribution in [2.45, 2.75) is 0 Å². The van der Waals surface area contributed by atoms with Crippen LogP contribution in [-0.2, 0) is 0 Å². The van der Waals surface area contributed by atoms with E-state index in [1.165, 1.54) is 0 Å². The number of H-pyrrole nitrogens is 2. The van der Waals surface area contributed by atoms with Gasteiger partial charge in [-0.2, -0.15) is 10.5 Å². The molecule has 5 nitrogen and oxygen atoms in total. The van der Waals surface area contributed by atoms with Crippen LogP contribution < -0.4 is 0 Å². The number of nitrogens with zero attached hydrogens (tertiary/aromatic N) is 2. The van der Waals surface area contributed by atoms with E-state index >= 15 is 0 Å². The molecule has 4 aromatic rings. The first-order valence-corrected chi connectivity index (χ1v) is 9.01. The molecule has 2 aromatic carbocycles. The van der Waals surface area contributed by atoms with Crippen LogP contribution in [0.25, 0.3) is 11.1 Å². The quantitative estimate of drug-likeness (QED) is 0.457.